The highest BCUT2D eigenvalue weighted by Crippen LogP contribution is 2.30. The highest BCUT2D eigenvalue weighted by atomic mass is 32.2. The molecule has 1 saturated heterocycles. The molecule has 0 unspecified atom stereocenters. The van der Waals surface area contributed by atoms with Gasteiger partial charge in [-0.15, -0.1) is 0 Å². The summed E-state index contributed by atoms with van der Waals surface area (Å²) in [7, 11) is -3.29. The normalized spacial score (nSPS) is 15.4. The van der Waals surface area contributed by atoms with Gasteiger partial charge in [-0.2, -0.15) is 0 Å². The minimum atomic E-state index is -3.29. The van der Waals surface area contributed by atoms with Crippen molar-refractivity contribution in [1.29, 1.82) is 0 Å². The van der Waals surface area contributed by atoms with Gasteiger partial charge in [0.1, 0.15) is 0 Å². The summed E-state index contributed by atoms with van der Waals surface area (Å²) in [5, 5.41) is 3.37. The first-order chi connectivity index (χ1) is 17.4. The minimum Gasteiger partial charge on any atom is -0.301 e. The lowest BCUT2D eigenvalue weighted by molar-refractivity contribution is -0.117. The van der Waals surface area contributed by atoms with Crippen LogP contribution in [0.4, 0.5) is 5.13 Å². The number of hydrogen-bond acceptors (Lipinski definition) is 7. The monoisotopic (exact) mass is 520 g/mol. The van der Waals surface area contributed by atoms with Gasteiger partial charge in [-0.1, -0.05) is 72.0 Å². The van der Waals surface area contributed by atoms with E-state index in [1.54, 1.807) is 18.2 Å². The average molecular weight is 521 g/mol. The van der Waals surface area contributed by atoms with Crippen LogP contribution in [0.25, 0.3) is 10.2 Å². The first-order valence-electron chi connectivity index (χ1n) is 11.8. The summed E-state index contributed by atoms with van der Waals surface area (Å²) in [5.41, 5.74) is 3.21. The second-order valence-electron chi connectivity index (χ2n) is 9.00. The van der Waals surface area contributed by atoms with Crippen LogP contribution in [-0.4, -0.2) is 68.1 Å². The molecule has 1 aliphatic rings. The molecule has 0 atom stereocenters. The smallest absolute Gasteiger partial charge is 0.240 e. The van der Waals surface area contributed by atoms with Crippen molar-refractivity contribution in [2.24, 2.45) is 0 Å². The number of amides is 1. The van der Waals surface area contributed by atoms with E-state index in [1.807, 2.05) is 12.1 Å². The minimum absolute atomic E-state index is 0.117. The van der Waals surface area contributed by atoms with Gasteiger partial charge >= 0.3 is 0 Å². The van der Waals surface area contributed by atoms with Crippen molar-refractivity contribution in [3.05, 3.63) is 90.0 Å². The summed E-state index contributed by atoms with van der Waals surface area (Å²) >= 11 is 1.28. The third-order valence-corrected chi connectivity index (χ3v) is 8.45. The summed E-state index contributed by atoms with van der Waals surface area (Å²) in [6.07, 6.45) is 1.18. The van der Waals surface area contributed by atoms with Gasteiger partial charge in [-0.05, 0) is 29.3 Å². The molecule has 1 N–H and O–H groups in total. The second-order valence-corrected chi connectivity index (χ2v) is 12.1. The van der Waals surface area contributed by atoms with Crippen LogP contribution in [-0.2, 0) is 14.6 Å². The van der Waals surface area contributed by atoms with Gasteiger partial charge in [0.25, 0.3) is 0 Å². The molecule has 9 heteroatoms. The Kier molecular flexibility index (Phi) is 7.15. The zero-order valence-corrected chi connectivity index (χ0v) is 21.6. The molecular weight excluding hydrogens is 492 g/mol. The summed E-state index contributed by atoms with van der Waals surface area (Å²) in [5.74, 6) is -0.117. The summed E-state index contributed by atoms with van der Waals surface area (Å²) in [4.78, 5) is 22.1. The van der Waals surface area contributed by atoms with E-state index in [1.165, 1.54) is 28.7 Å². The van der Waals surface area contributed by atoms with Crippen LogP contribution in [0.1, 0.15) is 17.2 Å². The van der Waals surface area contributed by atoms with Crippen molar-refractivity contribution in [2.75, 3.05) is 44.3 Å². The molecule has 0 spiro atoms. The number of carbonyl (C=O) groups is 1. The molecule has 186 valence electrons. The largest absolute Gasteiger partial charge is 0.301 e. The Labute approximate surface area is 215 Å². The van der Waals surface area contributed by atoms with Crippen LogP contribution in [0.2, 0.25) is 0 Å². The molecule has 0 aliphatic carbocycles. The third kappa shape index (κ3) is 5.65. The molecule has 4 aromatic rings. The van der Waals surface area contributed by atoms with Crippen LogP contribution >= 0.6 is 11.3 Å². The molecule has 0 saturated carbocycles. The summed E-state index contributed by atoms with van der Waals surface area (Å²) in [6, 6.07) is 26.1. The lowest BCUT2D eigenvalue weighted by Crippen LogP contribution is -2.49. The molecule has 1 fully saturated rings. The maximum atomic E-state index is 12.7. The Hall–Kier alpha value is -3.11. The second kappa shape index (κ2) is 10.5. The zero-order valence-electron chi connectivity index (χ0n) is 20.0. The number of nitrogens with zero attached hydrogens (tertiary/aromatic N) is 3. The fourth-order valence-electron chi connectivity index (χ4n) is 4.62. The fourth-order valence-corrected chi connectivity index (χ4v) is 6.26. The third-order valence-electron chi connectivity index (χ3n) is 6.40. The number of aromatic nitrogens is 1. The van der Waals surface area contributed by atoms with Gasteiger partial charge in [0, 0.05) is 32.4 Å². The number of benzene rings is 3. The summed E-state index contributed by atoms with van der Waals surface area (Å²) in [6.45, 7) is 3.59. The van der Waals surface area contributed by atoms with E-state index >= 15 is 0 Å². The van der Waals surface area contributed by atoms with Crippen molar-refractivity contribution in [3.63, 3.8) is 0 Å². The standard InChI is InChI=1S/C27H28N4O3S2/c1-36(33,34)22-12-13-23-24(18-22)35-27(28-23)29-25(32)19-30-14-16-31(17-15-30)26(20-8-4-2-5-9-20)21-10-6-3-7-11-21/h2-13,18,26H,14-17,19H2,1H3,(H,28,29,32). The van der Waals surface area contributed by atoms with Crippen LogP contribution < -0.4 is 5.32 Å². The van der Waals surface area contributed by atoms with E-state index < -0.39 is 9.84 Å². The molecule has 5 rings (SSSR count). The Morgan fingerprint density at radius 3 is 2.14 bits per heavy atom. The molecule has 0 radical (unpaired) electrons. The lowest BCUT2D eigenvalue weighted by Gasteiger charge is -2.39. The number of thiazole rings is 1. The fraction of sp³-hybridized carbons (Fsp3) is 0.259. The molecule has 7 nitrogen and oxygen atoms in total. The topological polar surface area (TPSA) is 82.6 Å². The number of anilines is 1. The number of rotatable bonds is 7. The summed E-state index contributed by atoms with van der Waals surface area (Å²) < 4.78 is 24.4. The van der Waals surface area contributed by atoms with Gasteiger partial charge in [-0.3, -0.25) is 14.6 Å². The van der Waals surface area contributed by atoms with E-state index in [4.69, 9.17) is 0 Å². The number of nitrogens with one attached hydrogen (secondary N) is 1. The Balaban J connectivity index is 1.21. The van der Waals surface area contributed by atoms with Crippen molar-refractivity contribution in [3.8, 4) is 0 Å². The molecule has 0 bridgehead atoms. The Morgan fingerprint density at radius 2 is 1.56 bits per heavy atom. The van der Waals surface area contributed by atoms with E-state index in [0.717, 1.165) is 30.9 Å². The van der Waals surface area contributed by atoms with Gasteiger partial charge in [-0.25, -0.2) is 13.4 Å². The van der Waals surface area contributed by atoms with Gasteiger partial charge in [0.05, 0.1) is 27.7 Å². The van der Waals surface area contributed by atoms with Crippen LogP contribution in [0, 0.1) is 0 Å². The lowest BCUT2D eigenvalue weighted by atomic mass is 9.96. The van der Waals surface area contributed by atoms with E-state index in [0.29, 0.717) is 17.2 Å². The van der Waals surface area contributed by atoms with E-state index in [-0.39, 0.29) is 16.8 Å². The highest BCUT2D eigenvalue weighted by Gasteiger charge is 2.27. The number of carbonyl (C=O) groups excluding carboxylic acids is 1. The highest BCUT2D eigenvalue weighted by molar-refractivity contribution is 7.90. The van der Waals surface area contributed by atoms with Crippen molar-refractivity contribution >= 4 is 42.4 Å². The van der Waals surface area contributed by atoms with Gasteiger partial charge in [0.2, 0.25) is 5.91 Å². The predicted octanol–water partition coefficient (Wildman–Crippen LogP) is 4.05. The molecular formula is C27H28N4O3S2. The Morgan fingerprint density at radius 1 is 0.944 bits per heavy atom. The van der Waals surface area contributed by atoms with E-state index in [9.17, 15) is 13.2 Å². The zero-order chi connectivity index (χ0) is 25.1. The maximum absolute atomic E-state index is 12.7. The van der Waals surface area contributed by atoms with Crippen LogP contribution in [0.3, 0.4) is 0 Å². The van der Waals surface area contributed by atoms with Crippen molar-refractivity contribution in [2.45, 2.75) is 10.9 Å². The molecule has 3 aromatic carbocycles. The number of fused-ring (bicyclic) bond motifs is 1. The predicted molar refractivity (Wildman–Crippen MR) is 144 cm³/mol. The number of hydrogen-bond donors (Lipinski definition) is 1. The SMILES string of the molecule is CS(=O)(=O)c1ccc2nc(NC(=O)CN3CCN(C(c4ccccc4)c4ccccc4)CC3)sc2c1. The average Bonchev–Trinajstić information content (AvgIpc) is 3.27. The van der Waals surface area contributed by atoms with Gasteiger partial charge < -0.3 is 5.32 Å². The molecule has 1 aliphatic heterocycles. The van der Waals surface area contributed by atoms with Gasteiger partial charge in [0.15, 0.2) is 15.0 Å². The molecule has 1 aromatic heterocycles. The molecule has 36 heavy (non-hydrogen) atoms. The molecule has 1 amide bonds. The molecule has 2 heterocycles. The first kappa shape index (κ1) is 24.6. The van der Waals surface area contributed by atoms with E-state index in [2.05, 4.69) is 68.6 Å². The number of sulfone groups is 1. The van der Waals surface area contributed by atoms with Crippen LogP contribution in [0.5, 0.6) is 0 Å². The number of piperazine rings is 1. The van der Waals surface area contributed by atoms with Crippen molar-refractivity contribution < 1.29 is 13.2 Å². The van der Waals surface area contributed by atoms with Crippen LogP contribution in [0.15, 0.2) is 83.8 Å². The maximum Gasteiger partial charge on any atom is 0.240 e. The quantitative estimate of drug-likeness (QED) is 0.396. The van der Waals surface area contributed by atoms with Crippen molar-refractivity contribution in [1.82, 2.24) is 14.8 Å². The Bertz CT molecular complexity index is 1410. The first-order valence-corrected chi connectivity index (χ1v) is 14.5.